The van der Waals surface area contributed by atoms with Gasteiger partial charge in [-0.3, -0.25) is 9.59 Å². The first kappa shape index (κ1) is 50.4. The van der Waals surface area contributed by atoms with Gasteiger partial charge in [-0.25, -0.2) is 0 Å². The van der Waals surface area contributed by atoms with E-state index in [-0.39, 0.29) is 25.2 Å². The topological polar surface area (TPSA) is 72.8 Å². The van der Waals surface area contributed by atoms with E-state index in [1.54, 1.807) is 0 Å². The summed E-state index contributed by atoms with van der Waals surface area (Å²) >= 11 is 0. The van der Waals surface area contributed by atoms with Gasteiger partial charge in [0.25, 0.3) is 0 Å². The minimum absolute atomic E-state index is 0.0670. The third kappa shape index (κ3) is 41.1. The van der Waals surface area contributed by atoms with Gasteiger partial charge in [0.2, 0.25) is 0 Å². The van der Waals surface area contributed by atoms with Crippen molar-refractivity contribution in [3.63, 3.8) is 0 Å². The van der Waals surface area contributed by atoms with Gasteiger partial charge in [-0.05, 0) is 38.5 Å². The van der Waals surface area contributed by atoms with Gasteiger partial charge in [-0.2, -0.15) is 0 Å². The van der Waals surface area contributed by atoms with Gasteiger partial charge in [-0.1, -0.05) is 218 Å². The molecule has 1 unspecified atom stereocenters. The summed E-state index contributed by atoms with van der Waals surface area (Å²) in [6.45, 7) is 4.09. The lowest BCUT2D eigenvalue weighted by molar-refractivity contribution is -0.161. The largest absolute Gasteiger partial charge is 0.462 e. The molecular weight excluding hydrogens is 645 g/mol. The Labute approximate surface area is 323 Å². The Morgan fingerprint density at radius 1 is 0.442 bits per heavy atom. The molecule has 0 fully saturated rings. The van der Waals surface area contributed by atoms with E-state index in [0.717, 1.165) is 57.8 Å². The molecule has 0 spiro atoms. The number of aliphatic hydroxyl groups is 1. The van der Waals surface area contributed by atoms with Crippen LogP contribution in [0, 0.1) is 0 Å². The fourth-order valence-electron chi connectivity index (χ4n) is 6.77. The molecule has 1 N–H and O–H groups in total. The molecule has 0 aliphatic heterocycles. The van der Waals surface area contributed by atoms with Crippen molar-refractivity contribution in [3.05, 3.63) is 24.3 Å². The monoisotopic (exact) mass is 733 g/mol. The highest BCUT2D eigenvalue weighted by molar-refractivity contribution is 5.70. The van der Waals surface area contributed by atoms with Crippen LogP contribution in [0.15, 0.2) is 24.3 Å². The Kier molecular flexibility index (Phi) is 42.4. The minimum Gasteiger partial charge on any atom is -0.462 e. The van der Waals surface area contributed by atoms with Crippen molar-refractivity contribution < 1.29 is 24.2 Å². The van der Waals surface area contributed by atoms with E-state index in [2.05, 4.69) is 38.2 Å². The van der Waals surface area contributed by atoms with Gasteiger partial charge in [0.15, 0.2) is 6.10 Å². The van der Waals surface area contributed by atoms with Crippen LogP contribution in [0.1, 0.15) is 245 Å². The second-order valence-corrected chi connectivity index (χ2v) is 15.5. The molecule has 5 nitrogen and oxygen atoms in total. The number of aliphatic hydroxyl groups excluding tert-OH is 1. The first-order valence-corrected chi connectivity index (χ1v) is 22.9. The predicted octanol–water partition coefficient (Wildman–Crippen LogP) is 14.6. The summed E-state index contributed by atoms with van der Waals surface area (Å²) in [6.07, 6.45) is 52.7. The van der Waals surface area contributed by atoms with Crippen molar-refractivity contribution in [1.29, 1.82) is 0 Å². The molecule has 5 heteroatoms. The third-order valence-electron chi connectivity index (χ3n) is 10.2. The molecule has 0 rings (SSSR count). The maximum Gasteiger partial charge on any atom is 0.306 e. The first-order chi connectivity index (χ1) is 25.6. The number of hydrogen-bond donors (Lipinski definition) is 1. The zero-order chi connectivity index (χ0) is 37.8. The maximum absolute atomic E-state index is 12.2. The number of allylic oxidation sites excluding steroid dienone is 4. The maximum atomic E-state index is 12.2. The molecule has 0 amide bonds. The van der Waals surface area contributed by atoms with Gasteiger partial charge in [0.05, 0.1) is 6.61 Å². The highest BCUT2D eigenvalue weighted by atomic mass is 16.6. The predicted molar refractivity (Wildman–Crippen MR) is 224 cm³/mol. The van der Waals surface area contributed by atoms with Crippen molar-refractivity contribution >= 4 is 11.9 Å². The quantitative estimate of drug-likeness (QED) is 0.0384. The molecule has 0 aliphatic rings. The number of esters is 2. The van der Waals surface area contributed by atoms with Crippen LogP contribution in [-0.2, 0) is 19.1 Å². The molecule has 0 aromatic carbocycles. The van der Waals surface area contributed by atoms with E-state index in [1.807, 2.05) is 0 Å². The Morgan fingerprint density at radius 2 is 0.808 bits per heavy atom. The third-order valence-corrected chi connectivity index (χ3v) is 10.2. The van der Waals surface area contributed by atoms with Gasteiger partial charge in [0.1, 0.15) is 6.61 Å². The van der Waals surface area contributed by atoms with Crippen LogP contribution in [0.4, 0.5) is 0 Å². The lowest BCUT2D eigenvalue weighted by Crippen LogP contribution is -2.28. The van der Waals surface area contributed by atoms with Crippen LogP contribution in [0.5, 0.6) is 0 Å². The Morgan fingerprint density at radius 3 is 1.21 bits per heavy atom. The van der Waals surface area contributed by atoms with E-state index in [9.17, 15) is 14.7 Å². The van der Waals surface area contributed by atoms with E-state index in [1.165, 1.54) is 161 Å². The van der Waals surface area contributed by atoms with E-state index >= 15 is 0 Å². The lowest BCUT2D eigenvalue weighted by Gasteiger charge is -2.15. The summed E-state index contributed by atoms with van der Waals surface area (Å²) in [7, 11) is 0. The van der Waals surface area contributed by atoms with Crippen LogP contribution in [-0.4, -0.2) is 36.4 Å². The summed E-state index contributed by atoms with van der Waals surface area (Å²) in [6, 6.07) is 0. The number of rotatable bonds is 42. The molecule has 306 valence electrons. The lowest BCUT2D eigenvalue weighted by atomic mass is 10.0. The van der Waals surface area contributed by atoms with E-state index in [0.29, 0.717) is 12.8 Å². The smallest absolute Gasteiger partial charge is 0.306 e. The highest BCUT2D eigenvalue weighted by Gasteiger charge is 2.16. The normalized spacial score (nSPS) is 12.3. The van der Waals surface area contributed by atoms with Gasteiger partial charge >= 0.3 is 11.9 Å². The first-order valence-electron chi connectivity index (χ1n) is 22.9. The van der Waals surface area contributed by atoms with Gasteiger partial charge < -0.3 is 14.6 Å². The molecule has 0 heterocycles. The second kappa shape index (κ2) is 43.8. The van der Waals surface area contributed by atoms with Crippen LogP contribution in [0.2, 0.25) is 0 Å². The van der Waals surface area contributed by atoms with E-state index in [4.69, 9.17) is 9.47 Å². The average Bonchev–Trinajstić information content (AvgIpc) is 3.15. The van der Waals surface area contributed by atoms with Gasteiger partial charge in [0, 0.05) is 12.8 Å². The fraction of sp³-hybridized carbons (Fsp3) is 0.872. The number of carbonyl (C=O) groups excluding carboxylic acids is 2. The molecule has 0 aromatic rings. The fourth-order valence-corrected chi connectivity index (χ4v) is 6.77. The van der Waals surface area contributed by atoms with Gasteiger partial charge in [-0.15, -0.1) is 0 Å². The summed E-state index contributed by atoms with van der Waals surface area (Å²) in [5.41, 5.74) is 0. The molecule has 0 aliphatic carbocycles. The standard InChI is InChI=1S/C47H88O5/c1-3-5-7-9-11-13-15-17-18-19-20-21-22-23-24-25-26-27-28-30-31-33-35-37-39-41-46(49)51-44-45(43-48)52-47(50)42-40-38-36-34-32-29-16-14-12-10-8-6-4-2/h8,10,14,16,45,48H,3-7,9,11-13,15,17-44H2,1-2H3/b10-8-,16-14-. The van der Waals surface area contributed by atoms with Crippen molar-refractivity contribution in [2.45, 2.75) is 251 Å². The van der Waals surface area contributed by atoms with Crippen LogP contribution in [0.3, 0.4) is 0 Å². The van der Waals surface area contributed by atoms with Crippen LogP contribution >= 0.6 is 0 Å². The Hall–Kier alpha value is -1.62. The summed E-state index contributed by atoms with van der Waals surface area (Å²) < 4.78 is 10.6. The zero-order valence-electron chi connectivity index (χ0n) is 34.8. The van der Waals surface area contributed by atoms with Crippen molar-refractivity contribution in [3.8, 4) is 0 Å². The molecule has 0 aromatic heterocycles. The number of ether oxygens (including phenoxy) is 2. The van der Waals surface area contributed by atoms with Crippen LogP contribution in [0.25, 0.3) is 0 Å². The highest BCUT2D eigenvalue weighted by Crippen LogP contribution is 2.16. The molecular formula is C47H88O5. The molecule has 0 saturated carbocycles. The van der Waals surface area contributed by atoms with E-state index < -0.39 is 6.10 Å². The van der Waals surface area contributed by atoms with Crippen molar-refractivity contribution in [2.75, 3.05) is 13.2 Å². The second-order valence-electron chi connectivity index (χ2n) is 15.5. The summed E-state index contributed by atoms with van der Waals surface area (Å²) in [5.74, 6) is -0.597. The molecule has 52 heavy (non-hydrogen) atoms. The minimum atomic E-state index is -0.774. The summed E-state index contributed by atoms with van der Waals surface area (Å²) in [4.78, 5) is 24.3. The Balaban J connectivity index is 3.44. The van der Waals surface area contributed by atoms with Crippen molar-refractivity contribution in [1.82, 2.24) is 0 Å². The average molecular weight is 733 g/mol. The van der Waals surface area contributed by atoms with Crippen molar-refractivity contribution in [2.24, 2.45) is 0 Å². The molecule has 0 bridgehead atoms. The SMILES string of the molecule is CCC/C=C\C/C=C\CCCCCCCC(=O)OC(CO)COC(=O)CCCCCCCCCCCCCCCCCCCCCCCCCCC. The molecule has 0 radical (unpaired) electrons. The summed E-state index contributed by atoms with van der Waals surface area (Å²) in [5, 5.41) is 9.57. The number of hydrogen-bond acceptors (Lipinski definition) is 5. The number of unbranched alkanes of at least 4 members (excludes halogenated alkanes) is 30. The molecule has 0 saturated heterocycles. The zero-order valence-corrected chi connectivity index (χ0v) is 34.8. The Bertz CT molecular complexity index is 791. The number of carbonyl (C=O) groups is 2. The van der Waals surface area contributed by atoms with Crippen LogP contribution < -0.4 is 0 Å². The molecule has 1 atom stereocenters.